The lowest BCUT2D eigenvalue weighted by atomic mass is 10.1. The molecule has 0 aliphatic rings. The van der Waals surface area contributed by atoms with Crippen molar-refractivity contribution in [2.75, 3.05) is 18.6 Å². The molecule has 2 aromatic rings. The van der Waals surface area contributed by atoms with E-state index in [0.717, 1.165) is 5.69 Å². The van der Waals surface area contributed by atoms with Gasteiger partial charge in [0.1, 0.15) is 5.82 Å². The highest BCUT2D eigenvalue weighted by molar-refractivity contribution is 5.90. The van der Waals surface area contributed by atoms with E-state index in [-0.39, 0.29) is 5.82 Å². The highest BCUT2D eigenvalue weighted by Crippen LogP contribution is 2.19. The van der Waals surface area contributed by atoms with Crippen molar-refractivity contribution in [1.82, 2.24) is 4.98 Å². The quantitative estimate of drug-likeness (QED) is 0.793. The number of nitrogens with zero attached hydrogens (tertiary/aromatic N) is 2. The predicted octanol–water partition coefficient (Wildman–Crippen LogP) is 3.03. The number of hydrogen-bond donors (Lipinski definition) is 0. The highest BCUT2D eigenvalue weighted by atomic mass is 19.1. The number of carbonyl (C=O) groups is 1. The van der Waals surface area contributed by atoms with Gasteiger partial charge in [0.25, 0.3) is 0 Å². The minimum absolute atomic E-state index is 0.292. The fourth-order valence-electron chi connectivity index (χ4n) is 2.10. The molecule has 110 valence electrons. The summed E-state index contributed by atoms with van der Waals surface area (Å²) in [5, 5.41) is 0. The van der Waals surface area contributed by atoms with Crippen LogP contribution in [0.5, 0.6) is 0 Å². The number of aromatic nitrogens is 1. The van der Waals surface area contributed by atoms with Crippen molar-refractivity contribution in [2.45, 2.75) is 13.5 Å². The number of carbonyl (C=O) groups excluding carboxylic acids is 1. The molecular weight excluding hydrogens is 271 g/mol. The Hall–Kier alpha value is -2.43. The summed E-state index contributed by atoms with van der Waals surface area (Å²) in [5.41, 5.74) is 1.78. The van der Waals surface area contributed by atoms with Crippen LogP contribution in [0, 0.1) is 5.82 Å². The first kappa shape index (κ1) is 15.0. The molecule has 1 aromatic heterocycles. The van der Waals surface area contributed by atoms with Gasteiger partial charge in [-0.1, -0.05) is 6.07 Å². The number of pyridine rings is 1. The summed E-state index contributed by atoms with van der Waals surface area (Å²) in [6.07, 6.45) is 1.63. The maximum absolute atomic E-state index is 13.3. The molecule has 1 heterocycles. The van der Waals surface area contributed by atoms with E-state index in [4.69, 9.17) is 4.74 Å². The van der Waals surface area contributed by atoms with Crippen LogP contribution >= 0.6 is 0 Å². The van der Waals surface area contributed by atoms with Crippen LogP contribution in [0.1, 0.15) is 23.0 Å². The largest absolute Gasteiger partial charge is 0.465 e. The van der Waals surface area contributed by atoms with Gasteiger partial charge in [-0.3, -0.25) is 4.98 Å². The summed E-state index contributed by atoms with van der Waals surface area (Å²) in [4.78, 5) is 17.9. The normalized spacial score (nSPS) is 10.2. The lowest BCUT2D eigenvalue weighted by Gasteiger charge is -2.23. The number of esters is 1. The fraction of sp³-hybridized carbons (Fsp3) is 0.250. The number of methoxy groups -OCH3 is 1. The zero-order valence-electron chi connectivity index (χ0n) is 12.0. The Morgan fingerprint density at radius 2 is 2.14 bits per heavy atom. The number of halogens is 1. The van der Waals surface area contributed by atoms with Gasteiger partial charge in [-0.2, -0.15) is 0 Å². The van der Waals surface area contributed by atoms with Crippen molar-refractivity contribution in [3.63, 3.8) is 0 Å². The summed E-state index contributed by atoms with van der Waals surface area (Å²) in [6, 6.07) is 9.71. The third-order valence-corrected chi connectivity index (χ3v) is 3.19. The summed E-state index contributed by atoms with van der Waals surface area (Å²) in [5.74, 6) is -0.714. The Balaban J connectivity index is 2.29. The first-order valence-electron chi connectivity index (χ1n) is 6.68. The zero-order valence-corrected chi connectivity index (χ0v) is 12.0. The summed E-state index contributed by atoms with van der Waals surface area (Å²) < 4.78 is 18.1. The highest BCUT2D eigenvalue weighted by Gasteiger charge is 2.15. The molecule has 0 N–H and O–H groups in total. The average Bonchev–Trinajstić information content (AvgIpc) is 2.52. The second-order valence-electron chi connectivity index (χ2n) is 4.48. The van der Waals surface area contributed by atoms with Gasteiger partial charge in [-0.15, -0.1) is 0 Å². The zero-order chi connectivity index (χ0) is 15.2. The Kier molecular flexibility index (Phi) is 4.87. The van der Waals surface area contributed by atoms with Gasteiger partial charge in [0, 0.05) is 18.4 Å². The predicted molar refractivity (Wildman–Crippen MR) is 78.7 cm³/mol. The van der Waals surface area contributed by atoms with E-state index in [0.29, 0.717) is 24.3 Å². The molecule has 0 radical (unpaired) electrons. The van der Waals surface area contributed by atoms with Crippen molar-refractivity contribution in [3.05, 3.63) is 59.7 Å². The standard InChI is InChI=1S/C16H17FN2O2/c1-3-19(13-7-4-6-12(17)10-13)11-15-14(16(20)21-2)8-5-9-18-15/h4-10H,3,11H2,1-2H3. The second-order valence-corrected chi connectivity index (χ2v) is 4.48. The van der Waals surface area contributed by atoms with Gasteiger partial charge >= 0.3 is 5.97 Å². The molecule has 0 saturated heterocycles. The smallest absolute Gasteiger partial charge is 0.339 e. The molecule has 2 rings (SSSR count). The van der Waals surface area contributed by atoms with Crippen molar-refractivity contribution >= 4 is 11.7 Å². The molecular formula is C16H17FN2O2. The molecule has 0 saturated carbocycles. The van der Waals surface area contributed by atoms with Crippen molar-refractivity contribution in [2.24, 2.45) is 0 Å². The molecule has 0 atom stereocenters. The Bertz CT molecular complexity index is 631. The third-order valence-electron chi connectivity index (χ3n) is 3.19. The van der Waals surface area contributed by atoms with Gasteiger partial charge in [-0.25, -0.2) is 9.18 Å². The van der Waals surface area contributed by atoms with Crippen LogP contribution in [0.4, 0.5) is 10.1 Å². The molecule has 21 heavy (non-hydrogen) atoms. The van der Waals surface area contributed by atoms with E-state index < -0.39 is 5.97 Å². The maximum atomic E-state index is 13.3. The Morgan fingerprint density at radius 3 is 2.81 bits per heavy atom. The molecule has 4 nitrogen and oxygen atoms in total. The Labute approximate surface area is 123 Å². The summed E-state index contributed by atoms with van der Waals surface area (Å²) in [7, 11) is 1.34. The van der Waals surface area contributed by atoms with Gasteiger partial charge in [0.15, 0.2) is 0 Å². The van der Waals surface area contributed by atoms with Crippen molar-refractivity contribution in [1.29, 1.82) is 0 Å². The fourth-order valence-corrected chi connectivity index (χ4v) is 2.10. The molecule has 0 aliphatic heterocycles. The van der Waals surface area contributed by atoms with Gasteiger partial charge < -0.3 is 9.64 Å². The van der Waals surface area contributed by atoms with E-state index in [9.17, 15) is 9.18 Å². The number of hydrogen-bond acceptors (Lipinski definition) is 4. The number of rotatable bonds is 5. The van der Waals surface area contributed by atoms with E-state index in [2.05, 4.69) is 4.98 Å². The number of anilines is 1. The van der Waals surface area contributed by atoms with E-state index in [1.54, 1.807) is 24.4 Å². The first-order chi connectivity index (χ1) is 10.2. The van der Waals surface area contributed by atoms with Crippen LogP contribution in [0.25, 0.3) is 0 Å². The molecule has 0 amide bonds. The lowest BCUT2D eigenvalue weighted by molar-refractivity contribution is 0.0599. The van der Waals surface area contributed by atoms with Gasteiger partial charge in [0.05, 0.1) is 24.9 Å². The second kappa shape index (κ2) is 6.83. The SMILES string of the molecule is CCN(Cc1ncccc1C(=O)OC)c1cccc(F)c1. The molecule has 0 spiro atoms. The Morgan fingerprint density at radius 1 is 1.33 bits per heavy atom. The monoisotopic (exact) mass is 288 g/mol. The van der Waals surface area contributed by atoms with Crippen LogP contribution in [0.2, 0.25) is 0 Å². The van der Waals surface area contributed by atoms with Crippen LogP contribution in [0.15, 0.2) is 42.6 Å². The molecule has 1 aromatic carbocycles. The van der Waals surface area contributed by atoms with Crippen LogP contribution in [0.3, 0.4) is 0 Å². The minimum Gasteiger partial charge on any atom is -0.465 e. The van der Waals surface area contributed by atoms with Crippen molar-refractivity contribution in [3.8, 4) is 0 Å². The minimum atomic E-state index is -0.423. The number of benzene rings is 1. The number of ether oxygens (including phenoxy) is 1. The van der Waals surface area contributed by atoms with Crippen molar-refractivity contribution < 1.29 is 13.9 Å². The van der Waals surface area contributed by atoms with Gasteiger partial charge in [0.2, 0.25) is 0 Å². The topological polar surface area (TPSA) is 42.4 Å². The lowest BCUT2D eigenvalue weighted by Crippen LogP contribution is -2.24. The van der Waals surface area contributed by atoms with E-state index in [1.165, 1.54) is 19.2 Å². The van der Waals surface area contributed by atoms with E-state index in [1.807, 2.05) is 17.9 Å². The molecule has 0 fully saturated rings. The van der Waals surface area contributed by atoms with E-state index >= 15 is 0 Å². The van der Waals surface area contributed by atoms with Crippen LogP contribution in [-0.2, 0) is 11.3 Å². The van der Waals surface area contributed by atoms with Gasteiger partial charge in [-0.05, 0) is 37.3 Å². The van der Waals surface area contributed by atoms with Crippen LogP contribution in [-0.4, -0.2) is 24.6 Å². The third kappa shape index (κ3) is 3.56. The first-order valence-corrected chi connectivity index (χ1v) is 6.68. The summed E-state index contributed by atoms with van der Waals surface area (Å²) in [6.45, 7) is 3.04. The summed E-state index contributed by atoms with van der Waals surface area (Å²) >= 11 is 0. The molecule has 0 bridgehead atoms. The average molecular weight is 288 g/mol. The van der Waals surface area contributed by atoms with Crippen LogP contribution < -0.4 is 4.90 Å². The molecule has 5 heteroatoms. The molecule has 0 aliphatic carbocycles. The molecule has 0 unspecified atom stereocenters. The maximum Gasteiger partial charge on any atom is 0.339 e.